The summed E-state index contributed by atoms with van der Waals surface area (Å²) in [5.74, 6) is 0.498. The minimum Gasteiger partial charge on any atom is -0.497 e. The Hall–Kier alpha value is -1.95. The molecule has 1 aromatic carbocycles. The number of carbonyl (C=O) groups is 1. The lowest BCUT2D eigenvalue weighted by molar-refractivity contribution is 0.0945. The molecule has 2 aromatic rings. The third kappa shape index (κ3) is 3.75. The van der Waals surface area contributed by atoms with Crippen molar-refractivity contribution in [2.45, 2.75) is 6.54 Å². The Labute approximate surface area is 119 Å². The zero-order valence-corrected chi connectivity index (χ0v) is 11.8. The Morgan fingerprint density at radius 1 is 1.37 bits per heavy atom. The molecule has 0 aliphatic heterocycles. The van der Waals surface area contributed by atoms with Crippen molar-refractivity contribution >= 4 is 21.8 Å². The van der Waals surface area contributed by atoms with Crippen molar-refractivity contribution < 1.29 is 9.53 Å². The van der Waals surface area contributed by atoms with E-state index in [0.717, 1.165) is 11.3 Å². The molecule has 0 unspecified atom stereocenters. The van der Waals surface area contributed by atoms with Crippen molar-refractivity contribution in [3.63, 3.8) is 0 Å². The van der Waals surface area contributed by atoms with Gasteiger partial charge in [-0.2, -0.15) is 0 Å². The van der Waals surface area contributed by atoms with Crippen molar-refractivity contribution in [3.05, 3.63) is 52.5 Å². The lowest BCUT2D eigenvalue weighted by Gasteiger charge is -2.06. The first kappa shape index (κ1) is 13.5. The molecule has 2 rings (SSSR count). The van der Waals surface area contributed by atoms with Gasteiger partial charge in [-0.3, -0.25) is 4.79 Å². The molecule has 0 bridgehead atoms. The predicted octanol–water partition coefficient (Wildman–Crippen LogP) is 2.18. The Morgan fingerprint density at radius 2 is 2.21 bits per heavy atom. The number of amides is 1. The lowest BCUT2D eigenvalue weighted by atomic mass is 10.2. The maximum absolute atomic E-state index is 11.8. The number of benzene rings is 1. The number of hydrogen-bond donors (Lipinski definition) is 1. The Balaban J connectivity index is 1.98. The number of aromatic nitrogens is 2. The molecular formula is C13H12BrN3O2. The van der Waals surface area contributed by atoms with Gasteiger partial charge in [-0.05, 0) is 33.6 Å². The first-order chi connectivity index (χ1) is 9.19. The van der Waals surface area contributed by atoms with Gasteiger partial charge in [0.05, 0.1) is 19.5 Å². The van der Waals surface area contributed by atoms with Crippen LogP contribution < -0.4 is 10.1 Å². The molecule has 0 saturated carbocycles. The highest BCUT2D eigenvalue weighted by Crippen LogP contribution is 2.12. The van der Waals surface area contributed by atoms with Gasteiger partial charge in [0, 0.05) is 6.54 Å². The summed E-state index contributed by atoms with van der Waals surface area (Å²) in [7, 11) is 1.61. The molecule has 0 radical (unpaired) electrons. The standard InChI is InChI=1S/C13H12BrN3O2/c1-19-10-4-2-3-9(5-10)6-17-13(18)11-7-16-12(14)8-15-11/h2-5,7-8H,6H2,1H3,(H,17,18). The van der Waals surface area contributed by atoms with Gasteiger partial charge >= 0.3 is 0 Å². The van der Waals surface area contributed by atoms with Gasteiger partial charge in [0.15, 0.2) is 0 Å². The molecular weight excluding hydrogens is 310 g/mol. The van der Waals surface area contributed by atoms with Crippen LogP contribution in [0.4, 0.5) is 0 Å². The van der Waals surface area contributed by atoms with Gasteiger partial charge in [-0.25, -0.2) is 9.97 Å². The van der Waals surface area contributed by atoms with Crippen LogP contribution in [0.15, 0.2) is 41.3 Å². The van der Waals surface area contributed by atoms with Crippen LogP contribution in [0.3, 0.4) is 0 Å². The van der Waals surface area contributed by atoms with Gasteiger partial charge in [0.2, 0.25) is 0 Å². The molecule has 5 nitrogen and oxygen atoms in total. The fourth-order valence-corrected chi connectivity index (χ4v) is 1.69. The number of methoxy groups -OCH3 is 1. The fraction of sp³-hybridized carbons (Fsp3) is 0.154. The number of halogens is 1. The van der Waals surface area contributed by atoms with Crippen molar-refractivity contribution in [1.82, 2.24) is 15.3 Å². The highest BCUT2D eigenvalue weighted by Gasteiger charge is 2.07. The predicted molar refractivity (Wildman–Crippen MR) is 73.9 cm³/mol. The van der Waals surface area contributed by atoms with Crippen LogP contribution in [-0.4, -0.2) is 23.0 Å². The van der Waals surface area contributed by atoms with Gasteiger partial charge < -0.3 is 10.1 Å². The molecule has 1 N–H and O–H groups in total. The molecule has 19 heavy (non-hydrogen) atoms. The van der Waals surface area contributed by atoms with E-state index < -0.39 is 0 Å². The van der Waals surface area contributed by atoms with Gasteiger partial charge in [0.25, 0.3) is 5.91 Å². The minimum atomic E-state index is -0.261. The third-order valence-corrected chi connectivity index (χ3v) is 2.85. The lowest BCUT2D eigenvalue weighted by Crippen LogP contribution is -2.23. The fourth-order valence-electron chi connectivity index (χ4n) is 1.48. The SMILES string of the molecule is COc1cccc(CNC(=O)c2cnc(Br)cn2)c1. The molecule has 98 valence electrons. The number of nitrogens with zero attached hydrogens (tertiary/aromatic N) is 2. The monoisotopic (exact) mass is 321 g/mol. The van der Waals surface area contributed by atoms with Gasteiger partial charge in [-0.1, -0.05) is 12.1 Å². The average molecular weight is 322 g/mol. The number of carbonyl (C=O) groups excluding carboxylic acids is 1. The Kier molecular flexibility index (Phi) is 4.46. The molecule has 0 aliphatic rings. The van der Waals surface area contributed by atoms with Crippen molar-refractivity contribution in [2.24, 2.45) is 0 Å². The number of hydrogen-bond acceptors (Lipinski definition) is 4. The molecule has 0 atom stereocenters. The second kappa shape index (κ2) is 6.29. The molecule has 6 heteroatoms. The first-order valence-corrected chi connectivity index (χ1v) is 6.37. The van der Waals surface area contributed by atoms with E-state index in [-0.39, 0.29) is 11.6 Å². The van der Waals surface area contributed by atoms with Crippen molar-refractivity contribution in [3.8, 4) is 5.75 Å². The van der Waals surface area contributed by atoms with Crippen LogP contribution in [0.25, 0.3) is 0 Å². The smallest absolute Gasteiger partial charge is 0.271 e. The van der Waals surface area contributed by atoms with Crippen LogP contribution in [0.1, 0.15) is 16.1 Å². The van der Waals surface area contributed by atoms with Crippen LogP contribution in [0, 0.1) is 0 Å². The van der Waals surface area contributed by atoms with Gasteiger partial charge in [0.1, 0.15) is 16.0 Å². The number of ether oxygens (including phenoxy) is 1. The molecule has 0 saturated heterocycles. The molecule has 0 fully saturated rings. The van der Waals surface area contributed by atoms with E-state index in [1.54, 1.807) is 7.11 Å². The maximum atomic E-state index is 11.8. The van der Waals surface area contributed by atoms with E-state index in [4.69, 9.17) is 4.74 Å². The summed E-state index contributed by atoms with van der Waals surface area (Å²) in [6, 6.07) is 7.51. The van der Waals surface area contributed by atoms with E-state index in [1.165, 1.54) is 12.4 Å². The second-order valence-corrected chi connectivity index (χ2v) is 4.57. The van der Waals surface area contributed by atoms with E-state index >= 15 is 0 Å². The summed E-state index contributed by atoms with van der Waals surface area (Å²) in [4.78, 5) is 19.8. The second-order valence-electron chi connectivity index (χ2n) is 3.76. The molecule has 1 amide bonds. The molecule has 0 aliphatic carbocycles. The van der Waals surface area contributed by atoms with Crippen molar-refractivity contribution in [2.75, 3.05) is 7.11 Å². The summed E-state index contributed by atoms with van der Waals surface area (Å²) in [5.41, 5.74) is 1.24. The zero-order chi connectivity index (χ0) is 13.7. The Bertz CT molecular complexity index is 572. The molecule has 0 spiro atoms. The van der Waals surface area contributed by atoms with E-state index in [0.29, 0.717) is 11.1 Å². The summed E-state index contributed by atoms with van der Waals surface area (Å²) < 4.78 is 5.71. The van der Waals surface area contributed by atoms with Crippen LogP contribution >= 0.6 is 15.9 Å². The topological polar surface area (TPSA) is 64.1 Å². The maximum Gasteiger partial charge on any atom is 0.271 e. The normalized spacial score (nSPS) is 10.0. The summed E-state index contributed by atoms with van der Waals surface area (Å²) in [6.45, 7) is 0.410. The number of rotatable bonds is 4. The van der Waals surface area contributed by atoms with E-state index in [2.05, 4.69) is 31.2 Å². The van der Waals surface area contributed by atoms with Crippen LogP contribution in [0.5, 0.6) is 5.75 Å². The van der Waals surface area contributed by atoms with E-state index in [1.807, 2.05) is 24.3 Å². The molecule has 1 aromatic heterocycles. The molecule has 1 heterocycles. The first-order valence-electron chi connectivity index (χ1n) is 5.57. The van der Waals surface area contributed by atoms with Crippen molar-refractivity contribution in [1.29, 1.82) is 0 Å². The minimum absolute atomic E-state index is 0.261. The zero-order valence-electron chi connectivity index (χ0n) is 10.3. The summed E-state index contributed by atoms with van der Waals surface area (Å²) in [5, 5.41) is 2.77. The largest absolute Gasteiger partial charge is 0.497 e. The third-order valence-electron chi connectivity index (χ3n) is 2.44. The number of nitrogens with one attached hydrogen (secondary N) is 1. The van der Waals surface area contributed by atoms with Crippen LogP contribution in [-0.2, 0) is 6.54 Å². The van der Waals surface area contributed by atoms with E-state index in [9.17, 15) is 4.79 Å². The Morgan fingerprint density at radius 3 is 2.89 bits per heavy atom. The highest BCUT2D eigenvalue weighted by molar-refractivity contribution is 9.10. The van der Waals surface area contributed by atoms with Gasteiger partial charge in [-0.15, -0.1) is 0 Å². The quantitative estimate of drug-likeness (QED) is 0.937. The van der Waals surface area contributed by atoms with Crippen LogP contribution in [0.2, 0.25) is 0 Å². The summed E-state index contributed by atoms with van der Waals surface area (Å²) >= 11 is 3.17. The highest BCUT2D eigenvalue weighted by atomic mass is 79.9. The summed E-state index contributed by atoms with van der Waals surface area (Å²) in [6.07, 6.45) is 2.91. The average Bonchev–Trinajstić information content (AvgIpc) is 2.46.